The maximum atomic E-state index is 5.86. The molecule has 1 N–H and O–H groups in total. The van der Waals surface area contributed by atoms with Gasteiger partial charge in [-0.1, -0.05) is 30.3 Å². The van der Waals surface area contributed by atoms with Gasteiger partial charge in [-0.05, 0) is 31.9 Å². The van der Waals surface area contributed by atoms with Gasteiger partial charge in [0.25, 0.3) is 0 Å². The van der Waals surface area contributed by atoms with Crippen LogP contribution in [0.3, 0.4) is 0 Å². The van der Waals surface area contributed by atoms with Gasteiger partial charge in [-0.25, -0.2) is 0 Å². The summed E-state index contributed by atoms with van der Waals surface area (Å²) in [5, 5.41) is 3.40. The lowest BCUT2D eigenvalue weighted by Crippen LogP contribution is -2.46. The minimum atomic E-state index is -0.139. The van der Waals surface area contributed by atoms with Crippen LogP contribution in [0.4, 0.5) is 0 Å². The largest absolute Gasteiger partial charge is 0.309 e. The lowest BCUT2D eigenvalue weighted by atomic mass is 10.1. The van der Waals surface area contributed by atoms with E-state index in [1.807, 2.05) is 6.07 Å². The summed E-state index contributed by atoms with van der Waals surface area (Å²) in [6.45, 7) is 3.00. The Balaban J connectivity index is 2.22. The highest BCUT2D eigenvalue weighted by Crippen LogP contribution is 2.09. The standard InChI is InChI=1S/C13H19Cl2N/c1-13(10-14,11-15)16-9-5-8-12-6-3-2-4-7-12/h2-4,6-7,16H,5,8-11H2,1H3. The summed E-state index contributed by atoms with van der Waals surface area (Å²) in [4.78, 5) is 0. The molecule has 0 heterocycles. The van der Waals surface area contributed by atoms with Gasteiger partial charge >= 0.3 is 0 Å². The summed E-state index contributed by atoms with van der Waals surface area (Å²) < 4.78 is 0. The minimum Gasteiger partial charge on any atom is -0.309 e. The van der Waals surface area contributed by atoms with E-state index in [9.17, 15) is 0 Å². The van der Waals surface area contributed by atoms with Crippen LogP contribution in [0, 0.1) is 0 Å². The number of aryl methyl sites for hydroxylation is 1. The average Bonchev–Trinajstić information content (AvgIpc) is 2.36. The molecule has 0 radical (unpaired) electrons. The van der Waals surface area contributed by atoms with Gasteiger partial charge in [0.05, 0.1) is 0 Å². The molecule has 0 fully saturated rings. The molecule has 0 aromatic heterocycles. The molecule has 1 aromatic rings. The number of hydrogen-bond donors (Lipinski definition) is 1. The van der Waals surface area contributed by atoms with Gasteiger partial charge in [-0.15, -0.1) is 23.2 Å². The van der Waals surface area contributed by atoms with Crippen molar-refractivity contribution in [2.75, 3.05) is 18.3 Å². The molecular weight excluding hydrogens is 241 g/mol. The Labute approximate surface area is 108 Å². The van der Waals surface area contributed by atoms with Crippen LogP contribution in [0.2, 0.25) is 0 Å². The zero-order valence-electron chi connectivity index (χ0n) is 9.68. The molecule has 1 aromatic carbocycles. The fourth-order valence-corrected chi connectivity index (χ4v) is 1.93. The first-order valence-corrected chi connectivity index (χ1v) is 6.68. The molecule has 0 aliphatic carbocycles. The highest BCUT2D eigenvalue weighted by atomic mass is 35.5. The molecule has 1 nitrogen and oxygen atoms in total. The van der Waals surface area contributed by atoms with Crippen LogP contribution < -0.4 is 5.32 Å². The molecule has 3 heteroatoms. The molecule has 0 spiro atoms. The van der Waals surface area contributed by atoms with Crippen LogP contribution in [-0.4, -0.2) is 23.8 Å². The molecule has 0 amide bonds. The van der Waals surface area contributed by atoms with Crippen LogP contribution in [0.1, 0.15) is 18.9 Å². The van der Waals surface area contributed by atoms with E-state index in [1.54, 1.807) is 0 Å². The van der Waals surface area contributed by atoms with Crippen molar-refractivity contribution in [3.8, 4) is 0 Å². The molecule has 0 saturated heterocycles. The van der Waals surface area contributed by atoms with E-state index >= 15 is 0 Å². The molecule has 0 atom stereocenters. The zero-order valence-corrected chi connectivity index (χ0v) is 11.2. The predicted molar refractivity (Wildman–Crippen MR) is 72.6 cm³/mol. The predicted octanol–water partition coefficient (Wildman–Crippen LogP) is 3.45. The molecule has 0 saturated carbocycles. The highest BCUT2D eigenvalue weighted by molar-refractivity contribution is 6.22. The second-order valence-electron chi connectivity index (χ2n) is 4.34. The Morgan fingerprint density at radius 1 is 1.12 bits per heavy atom. The van der Waals surface area contributed by atoms with E-state index in [-0.39, 0.29) is 5.54 Å². The number of alkyl halides is 2. The Kier molecular flexibility index (Phi) is 6.18. The smallest absolute Gasteiger partial charge is 0.0425 e. The fourth-order valence-electron chi connectivity index (χ4n) is 1.46. The molecule has 0 aliphatic rings. The van der Waals surface area contributed by atoms with Gasteiger partial charge in [0.2, 0.25) is 0 Å². The van der Waals surface area contributed by atoms with Crippen molar-refractivity contribution in [2.45, 2.75) is 25.3 Å². The van der Waals surface area contributed by atoms with Crippen LogP contribution in [0.25, 0.3) is 0 Å². The van der Waals surface area contributed by atoms with Crippen molar-refractivity contribution in [1.29, 1.82) is 0 Å². The van der Waals surface area contributed by atoms with E-state index < -0.39 is 0 Å². The normalized spacial score (nSPS) is 11.7. The molecule has 90 valence electrons. The number of halogens is 2. The number of rotatable bonds is 7. The Hall–Kier alpha value is -0.240. The maximum Gasteiger partial charge on any atom is 0.0425 e. The minimum absolute atomic E-state index is 0.139. The van der Waals surface area contributed by atoms with Crippen LogP contribution >= 0.6 is 23.2 Å². The molecule has 1 rings (SSSR count). The van der Waals surface area contributed by atoms with Crippen molar-refractivity contribution in [2.24, 2.45) is 0 Å². The number of hydrogen-bond acceptors (Lipinski definition) is 1. The number of benzene rings is 1. The third kappa shape index (κ3) is 4.73. The first-order chi connectivity index (χ1) is 7.70. The number of nitrogens with one attached hydrogen (secondary N) is 1. The van der Waals surface area contributed by atoms with Crippen molar-refractivity contribution < 1.29 is 0 Å². The molecule has 0 bridgehead atoms. The summed E-state index contributed by atoms with van der Waals surface area (Å²) in [6.07, 6.45) is 2.20. The Morgan fingerprint density at radius 2 is 1.75 bits per heavy atom. The first kappa shape index (κ1) is 13.8. The summed E-state index contributed by atoms with van der Waals surface area (Å²) in [6, 6.07) is 10.5. The van der Waals surface area contributed by atoms with E-state index in [0.29, 0.717) is 11.8 Å². The topological polar surface area (TPSA) is 12.0 Å². The lowest BCUT2D eigenvalue weighted by Gasteiger charge is -2.25. The Morgan fingerprint density at radius 3 is 2.31 bits per heavy atom. The summed E-state index contributed by atoms with van der Waals surface area (Å²) in [7, 11) is 0. The van der Waals surface area contributed by atoms with E-state index in [0.717, 1.165) is 19.4 Å². The van der Waals surface area contributed by atoms with Gasteiger partial charge in [-0.2, -0.15) is 0 Å². The lowest BCUT2D eigenvalue weighted by molar-refractivity contribution is 0.432. The SMILES string of the molecule is CC(CCl)(CCl)NCCCc1ccccc1. The second-order valence-corrected chi connectivity index (χ2v) is 4.88. The molecular formula is C13H19Cl2N. The van der Waals surface area contributed by atoms with E-state index in [2.05, 4.69) is 36.5 Å². The van der Waals surface area contributed by atoms with Crippen LogP contribution in [0.5, 0.6) is 0 Å². The summed E-state index contributed by atoms with van der Waals surface area (Å²) in [5.41, 5.74) is 1.24. The third-order valence-electron chi connectivity index (χ3n) is 2.63. The highest BCUT2D eigenvalue weighted by Gasteiger charge is 2.20. The summed E-state index contributed by atoms with van der Waals surface area (Å²) >= 11 is 11.7. The van der Waals surface area contributed by atoms with Gasteiger partial charge in [0.15, 0.2) is 0 Å². The quantitative estimate of drug-likeness (QED) is 0.585. The molecule has 0 unspecified atom stereocenters. The van der Waals surface area contributed by atoms with Crippen molar-refractivity contribution in [3.63, 3.8) is 0 Å². The molecule has 16 heavy (non-hydrogen) atoms. The zero-order chi connectivity index (χ0) is 11.9. The molecule has 0 aliphatic heterocycles. The fraction of sp³-hybridized carbons (Fsp3) is 0.538. The van der Waals surface area contributed by atoms with Crippen LogP contribution in [0.15, 0.2) is 30.3 Å². The second kappa shape index (κ2) is 7.16. The Bertz CT molecular complexity index is 283. The van der Waals surface area contributed by atoms with Gasteiger partial charge < -0.3 is 5.32 Å². The average molecular weight is 260 g/mol. The third-order valence-corrected chi connectivity index (χ3v) is 3.81. The van der Waals surface area contributed by atoms with Gasteiger partial charge in [0.1, 0.15) is 0 Å². The van der Waals surface area contributed by atoms with Crippen molar-refractivity contribution in [1.82, 2.24) is 5.32 Å². The van der Waals surface area contributed by atoms with Gasteiger partial charge in [-0.3, -0.25) is 0 Å². The van der Waals surface area contributed by atoms with Crippen molar-refractivity contribution >= 4 is 23.2 Å². The van der Waals surface area contributed by atoms with Crippen molar-refractivity contribution in [3.05, 3.63) is 35.9 Å². The van der Waals surface area contributed by atoms with Gasteiger partial charge in [0, 0.05) is 17.3 Å². The van der Waals surface area contributed by atoms with E-state index in [4.69, 9.17) is 23.2 Å². The summed E-state index contributed by atoms with van der Waals surface area (Å²) in [5.74, 6) is 1.09. The van der Waals surface area contributed by atoms with Crippen LogP contribution in [-0.2, 0) is 6.42 Å². The van der Waals surface area contributed by atoms with E-state index in [1.165, 1.54) is 5.56 Å². The maximum absolute atomic E-state index is 5.86. The monoisotopic (exact) mass is 259 g/mol. The first-order valence-electron chi connectivity index (χ1n) is 5.61.